The maximum atomic E-state index is 12.8. The minimum Gasteiger partial charge on any atom is -0.207 e. The zero-order chi connectivity index (χ0) is 12.3. The molecule has 0 aliphatic carbocycles. The normalized spacial score (nSPS) is 12.4. The van der Waals surface area contributed by atoms with Gasteiger partial charge in [0.25, 0.3) is 0 Å². The molecule has 0 N–H and O–H groups in total. The van der Waals surface area contributed by atoms with E-state index in [1.165, 1.54) is 21.3 Å². The summed E-state index contributed by atoms with van der Waals surface area (Å²) in [4.78, 5) is 0.266. The summed E-state index contributed by atoms with van der Waals surface area (Å²) in [5, 5.41) is 0. The van der Waals surface area contributed by atoms with E-state index in [2.05, 4.69) is 62.8 Å². The highest BCUT2D eigenvalue weighted by atomic mass is 127. The Kier molecular flexibility index (Phi) is 4.56. The number of halogens is 3. The lowest BCUT2D eigenvalue weighted by molar-refractivity contribution is 0.627. The Morgan fingerprint density at radius 2 is 1.82 bits per heavy atom. The van der Waals surface area contributed by atoms with E-state index in [0.29, 0.717) is 0 Å². The van der Waals surface area contributed by atoms with Gasteiger partial charge in [-0.3, -0.25) is 0 Å². The van der Waals surface area contributed by atoms with Crippen LogP contribution >= 0.6 is 38.5 Å². The van der Waals surface area contributed by atoms with Crippen molar-refractivity contribution in [3.63, 3.8) is 0 Å². The van der Waals surface area contributed by atoms with E-state index >= 15 is 0 Å². The van der Waals surface area contributed by atoms with Gasteiger partial charge in [0.2, 0.25) is 0 Å². The first kappa shape index (κ1) is 13.0. The summed E-state index contributed by atoms with van der Waals surface area (Å²) in [7, 11) is 0. The molecule has 1 atom stereocenters. The smallest absolute Gasteiger partial charge is 0.123 e. The summed E-state index contributed by atoms with van der Waals surface area (Å²) in [6.45, 7) is 0. The van der Waals surface area contributed by atoms with Crippen molar-refractivity contribution in [3.8, 4) is 0 Å². The molecule has 0 aliphatic heterocycles. The summed E-state index contributed by atoms with van der Waals surface area (Å²) in [6.07, 6.45) is 0.861. The molecular formula is C14H11BrFI. The van der Waals surface area contributed by atoms with Gasteiger partial charge in [-0.25, -0.2) is 4.39 Å². The van der Waals surface area contributed by atoms with Crippen molar-refractivity contribution in [1.82, 2.24) is 0 Å². The molecule has 0 radical (unpaired) electrons. The van der Waals surface area contributed by atoms with Crippen molar-refractivity contribution in [2.45, 2.75) is 11.2 Å². The van der Waals surface area contributed by atoms with Crippen LogP contribution in [0.2, 0.25) is 0 Å². The van der Waals surface area contributed by atoms with Crippen LogP contribution in [-0.2, 0) is 6.42 Å². The van der Waals surface area contributed by atoms with Crippen LogP contribution in [0.25, 0.3) is 0 Å². The molecule has 2 aromatic carbocycles. The molecular weight excluding hydrogens is 394 g/mol. The highest BCUT2D eigenvalue weighted by Crippen LogP contribution is 2.27. The highest BCUT2D eigenvalue weighted by Gasteiger charge is 2.08. The van der Waals surface area contributed by atoms with Crippen molar-refractivity contribution < 1.29 is 4.39 Å². The van der Waals surface area contributed by atoms with Gasteiger partial charge < -0.3 is 0 Å². The number of rotatable bonds is 3. The molecule has 3 heteroatoms. The van der Waals surface area contributed by atoms with Gasteiger partial charge in [-0.1, -0.05) is 40.2 Å². The molecule has 0 saturated heterocycles. The summed E-state index contributed by atoms with van der Waals surface area (Å²) in [5.41, 5.74) is 2.38. The standard InChI is InChI=1S/C14H11BrFI/c15-14(11-2-1-3-13(17)9-11)8-10-4-6-12(16)7-5-10/h1-7,9,14H,8H2. The molecule has 0 aliphatic rings. The largest absolute Gasteiger partial charge is 0.207 e. The molecule has 0 saturated carbocycles. The van der Waals surface area contributed by atoms with Gasteiger partial charge in [0.1, 0.15) is 5.82 Å². The van der Waals surface area contributed by atoms with E-state index in [0.717, 1.165) is 12.0 Å². The van der Waals surface area contributed by atoms with E-state index in [9.17, 15) is 4.39 Å². The van der Waals surface area contributed by atoms with Crippen LogP contribution in [0.1, 0.15) is 16.0 Å². The van der Waals surface area contributed by atoms with E-state index < -0.39 is 0 Å². The Balaban J connectivity index is 2.11. The minimum absolute atomic E-state index is 0.186. The second-order valence-corrected chi connectivity index (χ2v) is 6.20. The van der Waals surface area contributed by atoms with Gasteiger partial charge in [-0.15, -0.1) is 0 Å². The number of benzene rings is 2. The lowest BCUT2D eigenvalue weighted by atomic mass is 10.0. The van der Waals surface area contributed by atoms with Gasteiger partial charge in [-0.2, -0.15) is 0 Å². The van der Waals surface area contributed by atoms with E-state index in [1.54, 1.807) is 0 Å². The number of hydrogen-bond acceptors (Lipinski definition) is 0. The topological polar surface area (TPSA) is 0 Å². The second-order valence-electron chi connectivity index (χ2n) is 3.85. The average molecular weight is 405 g/mol. The third-order valence-electron chi connectivity index (χ3n) is 2.54. The monoisotopic (exact) mass is 404 g/mol. The van der Waals surface area contributed by atoms with Crippen LogP contribution in [0, 0.1) is 9.39 Å². The molecule has 0 heterocycles. The quantitative estimate of drug-likeness (QED) is 0.492. The van der Waals surface area contributed by atoms with Gasteiger partial charge in [-0.05, 0) is 64.4 Å². The van der Waals surface area contributed by atoms with Gasteiger partial charge in [0.15, 0.2) is 0 Å². The van der Waals surface area contributed by atoms with Crippen molar-refractivity contribution >= 4 is 38.5 Å². The Morgan fingerprint density at radius 1 is 1.12 bits per heavy atom. The first-order chi connectivity index (χ1) is 8.15. The molecule has 0 aromatic heterocycles. The van der Waals surface area contributed by atoms with Crippen molar-refractivity contribution in [3.05, 3.63) is 69.0 Å². The SMILES string of the molecule is Fc1ccc(CC(Br)c2cccc(I)c2)cc1. The van der Waals surface area contributed by atoms with Crippen LogP contribution in [-0.4, -0.2) is 0 Å². The summed E-state index contributed by atoms with van der Waals surface area (Å²) in [6, 6.07) is 15.1. The Hall–Kier alpha value is -0.420. The summed E-state index contributed by atoms with van der Waals surface area (Å²) in [5.74, 6) is -0.186. The zero-order valence-corrected chi connectivity index (χ0v) is 12.8. The van der Waals surface area contributed by atoms with E-state index in [1.807, 2.05) is 12.1 Å². The van der Waals surface area contributed by atoms with Crippen molar-refractivity contribution in [1.29, 1.82) is 0 Å². The fraction of sp³-hybridized carbons (Fsp3) is 0.143. The van der Waals surface area contributed by atoms with Crippen molar-refractivity contribution in [2.24, 2.45) is 0 Å². The number of alkyl halides is 1. The molecule has 0 fully saturated rings. The zero-order valence-electron chi connectivity index (χ0n) is 9.04. The lowest BCUT2D eigenvalue weighted by Gasteiger charge is -2.10. The third kappa shape index (κ3) is 3.78. The fourth-order valence-corrected chi connectivity index (χ4v) is 2.87. The molecule has 1 unspecified atom stereocenters. The summed E-state index contributed by atoms with van der Waals surface area (Å²) < 4.78 is 14.0. The molecule has 0 spiro atoms. The lowest BCUT2D eigenvalue weighted by Crippen LogP contribution is -1.95. The van der Waals surface area contributed by atoms with E-state index in [4.69, 9.17) is 0 Å². The van der Waals surface area contributed by atoms with Gasteiger partial charge >= 0.3 is 0 Å². The van der Waals surface area contributed by atoms with Crippen LogP contribution in [0.5, 0.6) is 0 Å². The molecule has 0 amide bonds. The third-order valence-corrected chi connectivity index (χ3v) is 4.06. The predicted molar refractivity (Wildman–Crippen MR) is 80.9 cm³/mol. The van der Waals surface area contributed by atoms with Gasteiger partial charge in [0.05, 0.1) is 0 Å². The molecule has 0 nitrogen and oxygen atoms in total. The summed E-state index contributed by atoms with van der Waals surface area (Å²) >= 11 is 5.98. The fourth-order valence-electron chi connectivity index (χ4n) is 1.65. The molecule has 88 valence electrons. The Morgan fingerprint density at radius 3 is 2.47 bits per heavy atom. The second kappa shape index (κ2) is 5.96. The molecule has 0 bridgehead atoms. The van der Waals surface area contributed by atoms with Crippen LogP contribution in [0.4, 0.5) is 4.39 Å². The molecule has 2 rings (SSSR count). The van der Waals surface area contributed by atoms with Crippen molar-refractivity contribution in [2.75, 3.05) is 0 Å². The Bertz CT molecular complexity index is 496. The first-order valence-corrected chi connectivity index (χ1v) is 7.28. The van der Waals surface area contributed by atoms with Crippen LogP contribution in [0.3, 0.4) is 0 Å². The maximum Gasteiger partial charge on any atom is 0.123 e. The van der Waals surface area contributed by atoms with E-state index in [-0.39, 0.29) is 10.6 Å². The molecule has 2 aromatic rings. The number of hydrogen-bond donors (Lipinski definition) is 0. The van der Waals surface area contributed by atoms with Gasteiger partial charge in [0, 0.05) is 8.40 Å². The maximum absolute atomic E-state index is 12.8. The molecule has 17 heavy (non-hydrogen) atoms. The van der Waals surface area contributed by atoms with Crippen LogP contribution in [0.15, 0.2) is 48.5 Å². The minimum atomic E-state index is -0.186. The first-order valence-electron chi connectivity index (χ1n) is 5.29. The van der Waals surface area contributed by atoms with Crippen LogP contribution < -0.4 is 0 Å². The Labute approximate surface area is 123 Å². The predicted octanol–water partition coefficient (Wildman–Crippen LogP) is 5.11. The average Bonchev–Trinajstić information content (AvgIpc) is 2.32. The highest BCUT2D eigenvalue weighted by molar-refractivity contribution is 14.1.